The first-order chi connectivity index (χ1) is 13.9. The molecule has 0 bridgehead atoms. The van der Waals surface area contributed by atoms with Crippen molar-refractivity contribution >= 4 is 21.4 Å². The lowest BCUT2D eigenvalue weighted by molar-refractivity contribution is 0.499. The number of aromatic nitrogens is 4. The van der Waals surface area contributed by atoms with Crippen molar-refractivity contribution in [3.05, 3.63) is 82.6 Å². The Morgan fingerprint density at radius 2 is 1.93 bits per heavy atom. The predicted molar refractivity (Wildman–Crippen MR) is 113 cm³/mol. The quantitative estimate of drug-likeness (QED) is 0.491. The van der Waals surface area contributed by atoms with Gasteiger partial charge in [-0.1, -0.05) is 6.07 Å². The maximum absolute atomic E-state index is 12.9. The normalized spacial score (nSPS) is 12.9. The van der Waals surface area contributed by atoms with Gasteiger partial charge >= 0.3 is 0 Å². The zero-order valence-electron chi connectivity index (χ0n) is 16.1. The van der Waals surface area contributed by atoms with Crippen molar-refractivity contribution in [2.24, 2.45) is 0 Å². The van der Waals surface area contributed by atoms with Gasteiger partial charge in [0.25, 0.3) is 0 Å². The summed E-state index contributed by atoms with van der Waals surface area (Å²) in [5.41, 5.74) is 2.69. The van der Waals surface area contributed by atoms with Gasteiger partial charge in [-0.2, -0.15) is 10.2 Å². The Morgan fingerprint density at radius 3 is 2.52 bits per heavy atom. The van der Waals surface area contributed by atoms with E-state index in [1.54, 1.807) is 46.5 Å². The number of rotatable bonds is 7. The van der Waals surface area contributed by atoms with Crippen LogP contribution in [0.5, 0.6) is 0 Å². The largest absolute Gasteiger partial charge is 0.260 e. The van der Waals surface area contributed by atoms with E-state index in [1.165, 1.54) is 0 Å². The molecule has 0 amide bonds. The second kappa shape index (κ2) is 7.94. The van der Waals surface area contributed by atoms with Crippen LogP contribution in [0, 0.1) is 13.8 Å². The second-order valence-corrected chi connectivity index (χ2v) is 9.45. The number of hydrogen-bond donors (Lipinski definition) is 1. The van der Waals surface area contributed by atoms with E-state index in [-0.39, 0.29) is 17.5 Å². The second-order valence-electron chi connectivity index (χ2n) is 6.70. The third kappa shape index (κ3) is 4.16. The minimum absolute atomic E-state index is 0.207. The van der Waals surface area contributed by atoms with Crippen molar-refractivity contribution in [3.63, 3.8) is 0 Å². The molecule has 150 valence electrons. The van der Waals surface area contributed by atoms with Gasteiger partial charge in [0.15, 0.2) is 0 Å². The molecular weight excluding hydrogens is 406 g/mol. The van der Waals surface area contributed by atoms with Gasteiger partial charge < -0.3 is 0 Å². The highest BCUT2D eigenvalue weighted by atomic mass is 32.2. The summed E-state index contributed by atoms with van der Waals surface area (Å²) in [4.78, 5) is 1.26. The third-order valence-electron chi connectivity index (χ3n) is 4.59. The zero-order valence-corrected chi connectivity index (χ0v) is 17.7. The first-order valence-electron chi connectivity index (χ1n) is 9.10. The molecule has 7 nitrogen and oxygen atoms in total. The third-order valence-corrected chi connectivity index (χ3v) is 7.01. The molecule has 0 radical (unpaired) electrons. The molecule has 4 aromatic rings. The van der Waals surface area contributed by atoms with Crippen molar-refractivity contribution in [1.82, 2.24) is 24.3 Å². The van der Waals surface area contributed by atoms with Crippen LogP contribution < -0.4 is 4.72 Å². The molecule has 1 aromatic carbocycles. The van der Waals surface area contributed by atoms with Crippen LogP contribution in [0.3, 0.4) is 0 Å². The minimum Gasteiger partial charge on any atom is -0.260 e. The van der Waals surface area contributed by atoms with Crippen LogP contribution in [0.15, 0.2) is 71.2 Å². The molecule has 29 heavy (non-hydrogen) atoms. The van der Waals surface area contributed by atoms with Gasteiger partial charge in [-0.3, -0.25) is 4.68 Å². The number of nitrogens with zero attached hydrogens (tertiary/aromatic N) is 4. The molecule has 1 unspecified atom stereocenters. The lowest BCUT2D eigenvalue weighted by Crippen LogP contribution is -2.32. The number of nitrogens with one attached hydrogen (secondary N) is 1. The molecule has 1 N–H and O–H groups in total. The Morgan fingerprint density at radius 1 is 1.14 bits per heavy atom. The van der Waals surface area contributed by atoms with Crippen molar-refractivity contribution < 1.29 is 8.42 Å². The highest BCUT2D eigenvalue weighted by Gasteiger charge is 2.22. The average Bonchev–Trinajstić information content (AvgIpc) is 3.45. The SMILES string of the molecule is Cc1cc(C)n(C(CNS(=O)(=O)c2ccc(-n3cccn3)cc2)c2cccs2)n1. The fourth-order valence-corrected chi connectivity index (χ4v) is 5.07. The Kier molecular flexibility index (Phi) is 5.35. The summed E-state index contributed by atoms with van der Waals surface area (Å²) in [5, 5.41) is 10.7. The van der Waals surface area contributed by atoms with Gasteiger partial charge in [-0.25, -0.2) is 17.8 Å². The van der Waals surface area contributed by atoms with Crippen molar-refractivity contribution in [3.8, 4) is 5.69 Å². The summed E-state index contributed by atoms with van der Waals surface area (Å²) in [7, 11) is -3.66. The Hall–Kier alpha value is -2.75. The van der Waals surface area contributed by atoms with E-state index in [0.29, 0.717) is 0 Å². The highest BCUT2D eigenvalue weighted by Crippen LogP contribution is 2.25. The minimum atomic E-state index is -3.66. The molecule has 3 aromatic heterocycles. The number of thiophene rings is 1. The van der Waals surface area contributed by atoms with Gasteiger partial charge in [0.2, 0.25) is 10.0 Å². The smallest absolute Gasteiger partial charge is 0.240 e. The van der Waals surface area contributed by atoms with Crippen LogP contribution in [0.1, 0.15) is 22.3 Å². The van der Waals surface area contributed by atoms with Crippen LogP contribution in [-0.4, -0.2) is 34.5 Å². The molecule has 0 aliphatic heterocycles. The van der Waals surface area contributed by atoms with E-state index in [0.717, 1.165) is 22.0 Å². The van der Waals surface area contributed by atoms with Crippen molar-refractivity contribution in [2.75, 3.05) is 6.54 Å². The van der Waals surface area contributed by atoms with Crippen molar-refractivity contribution in [1.29, 1.82) is 0 Å². The summed E-state index contributed by atoms with van der Waals surface area (Å²) in [5.74, 6) is 0. The van der Waals surface area contributed by atoms with E-state index >= 15 is 0 Å². The first-order valence-corrected chi connectivity index (χ1v) is 11.5. The fraction of sp³-hybridized carbons (Fsp3) is 0.200. The van der Waals surface area contributed by atoms with Crippen LogP contribution in [-0.2, 0) is 10.0 Å². The zero-order chi connectivity index (χ0) is 20.4. The first kappa shape index (κ1) is 19.6. The summed E-state index contributed by atoms with van der Waals surface area (Å²) in [6, 6.07) is 14.2. The maximum Gasteiger partial charge on any atom is 0.240 e. The molecule has 0 aliphatic carbocycles. The molecule has 9 heteroatoms. The molecular formula is C20H21N5O2S2. The van der Waals surface area contributed by atoms with Crippen LogP contribution >= 0.6 is 11.3 Å². The van der Waals surface area contributed by atoms with E-state index in [2.05, 4.69) is 14.9 Å². The Balaban J connectivity index is 1.56. The fourth-order valence-electron chi connectivity index (χ4n) is 3.22. The standard InChI is InChI=1S/C20H21N5O2S2/c1-15-13-16(2)25(23-15)19(20-5-3-12-28-20)14-22-29(26,27)18-8-6-17(7-9-18)24-11-4-10-21-24/h3-13,19,22H,14H2,1-2H3. The van der Waals surface area contributed by atoms with E-state index in [9.17, 15) is 8.42 Å². The lowest BCUT2D eigenvalue weighted by atomic mass is 10.2. The van der Waals surface area contributed by atoms with Crippen LogP contribution in [0.2, 0.25) is 0 Å². The van der Waals surface area contributed by atoms with Crippen LogP contribution in [0.25, 0.3) is 5.69 Å². The number of benzene rings is 1. The summed E-state index contributed by atoms with van der Waals surface area (Å²) in [6.07, 6.45) is 3.48. The summed E-state index contributed by atoms with van der Waals surface area (Å²) in [6.45, 7) is 4.12. The topological polar surface area (TPSA) is 81.8 Å². The van der Waals surface area contributed by atoms with Crippen molar-refractivity contribution in [2.45, 2.75) is 24.8 Å². The van der Waals surface area contributed by atoms with E-state index < -0.39 is 10.0 Å². The van der Waals surface area contributed by atoms with Gasteiger partial charge in [-0.05, 0) is 61.7 Å². The number of aryl methyl sites for hydroxylation is 2. The Labute approximate surface area is 173 Å². The van der Waals surface area contributed by atoms with E-state index in [1.807, 2.05) is 54.4 Å². The molecule has 3 heterocycles. The van der Waals surface area contributed by atoms with Gasteiger partial charge in [-0.15, -0.1) is 11.3 Å². The van der Waals surface area contributed by atoms with E-state index in [4.69, 9.17) is 0 Å². The monoisotopic (exact) mass is 427 g/mol. The van der Waals surface area contributed by atoms with Gasteiger partial charge in [0.05, 0.1) is 22.3 Å². The van der Waals surface area contributed by atoms with Crippen LogP contribution in [0.4, 0.5) is 0 Å². The lowest BCUT2D eigenvalue weighted by Gasteiger charge is -2.19. The van der Waals surface area contributed by atoms with Gasteiger partial charge in [0.1, 0.15) is 0 Å². The molecule has 0 saturated heterocycles. The molecule has 0 spiro atoms. The summed E-state index contributed by atoms with van der Waals surface area (Å²) >= 11 is 1.59. The Bertz CT molecular complexity index is 1180. The number of hydrogen-bond acceptors (Lipinski definition) is 5. The molecule has 0 fully saturated rings. The van der Waals surface area contributed by atoms with Gasteiger partial charge in [0, 0.05) is 29.5 Å². The molecule has 0 saturated carbocycles. The number of sulfonamides is 1. The molecule has 0 aliphatic rings. The average molecular weight is 428 g/mol. The molecule has 1 atom stereocenters. The predicted octanol–water partition coefficient (Wildman–Crippen LogP) is 3.32. The molecule has 4 rings (SSSR count). The highest BCUT2D eigenvalue weighted by molar-refractivity contribution is 7.89. The maximum atomic E-state index is 12.9. The summed E-state index contributed by atoms with van der Waals surface area (Å²) < 4.78 is 32.0.